The lowest BCUT2D eigenvalue weighted by Crippen LogP contribution is -2.15. The topological polar surface area (TPSA) is 133 Å². The number of anilines is 1. The van der Waals surface area contributed by atoms with E-state index >= 15 is 0 Å². The van der Waals surface area contributed by atoms with Gasteiger partial charge in [-0.3, -0.25) is 14.3 Å². The molecule has 2 rings (SSSR count). The summed E-state index contributed by atoms with van der Waals surface area (Å²) < 4.78 is 29.0. The molecule has 0 fully saturated rings. The van der Waals surface area contributed by atoms with Crippen molar-refractivity contribution in [2.24, 2.45) is 0 Å². The maximum Gasteiger partial charge on any atom is 0.303 e. The van der Waals surface area contributed by atoms with Gasteiger partial charge in [0.05, 0.1) is 11.5 Å². The number of aliphatic hydroxyl groups excluding tert-OH is 1. The first-order valence-corrected chi connectivity index (χ1v) is 7.89. The summed E-state index contributed by atoms with van der Waals surface area (Å²) in [4.78, 5) is 9.50. The lowest BCUT2D eigenvalue weighted by molar-refractivity contribution is -0.387. The summed E-state index contributed by atoms with van der Waals surface area (Å²) >= 11 is 0. The first kappa shape index (κ1) is 16.9. The Hall–Kier alpha value is -2.49. The van der Waals surface area contributed by atoms with Crippen molar-refractivity contribution < 1.29 is 22.6 Å². The molecular weight excluding hydrogens is 324 g/mol. The number of para-hydroxylation sites is 2. The molecule has 0 aromatic heterocycles. The van der Waals surface area contributed by atoms with Gasteiger partial charge in [0.15, 0.2) is 4.90 Å². The molecule has 0 amide bonds. The Morgan fingerprint density at radius 2 is 1.78 bits per heavy atom. The molecule has 0 aliphatic heterocycles. The van der Waals surface area contributed by atoms with Crippen molar-refractivity contribution in [2.45, 2.75) is 11.0 Å². The number of nitrogens with zero attached hydrogens (tertiary/aromatic N) is 1. The highest BCUT2D eigenvalue weighted by molar-refractivity contribution is 7.87. The smallest absolute Gasteiger partial charge is 0.303 e. The van der Waals surface area contributed by atoms with E-state index in [1.807, 2.05) is 0 Å². The van der Waals surface area contributed by atoms with Gasteiger partial charge in [0.2, 0.25) is 0 Å². The Morgan fingerprint density at radius 3 is 2.43 bits per heavy atom. The Bertz CT molecular complexity index is 822. The lowest BCUT2D eigenvalue weighted by atomic mass is 10.1. The van der Waals surface area contributed by atoms with Gasteiger partial charge in [-0.25, -0.2) is 0 Å². The number of nitro benzene ring substituents is 1. The zero-order valence-corrected chi connectivity index (χ0v) is 12.6. The van der Waals surface area contributed by atoms with Crippen LogP contribution in [0.5, 0.6) is 0 Å². The summed E-state index contributed by atoms with van der Waals surface area (Å²) in [5.74, 6) is 0. The highest BCUT2D eigenvalue weighted by Gasteiger charge is 2.27. The summed E-state index contributed by atoms with van der Waals surface area (Å²) in [7, 11) is -4.39. The Labute approximate surface area is 132 Å². The SMILES string of the molecule is Nc1ccccc1C(O)COS(=O)(=O)c1ccccc1[N+](=O)[O-]. The largest absolute Gasteiger partial charge is 0.398 e. The summed E-state index contributed by atoms with van der Waals surface area (Å²) in [6, 6.07) is 11.2. The van der Waals surface area contributed by atoms with Crippen LogP contribution in [-0.4, -0.2) is 25.1 Å². The number of hydrogen-bond acceptors (Lipinski definition) is 7. The fourth-order valence-electron chi connectivity index (χ4n) is 1.94. The van der Waals surface area contributed by atoms with E-state index in [9.17, 15) is 23.6 Å². The molecule has 0 heterocycles. The summed E-state index contributed by atoms with van der Waals surface area (Å²) in [6.45, 7) is -0.609. The van der Waals surface area contributed by atoms with E-state index in [0.717, 1.165) is 12.1 Å². The minimum absolute atomic E-state index is 0.284. The van der Waals surface area contributed by atoms with Crippen molar-refractivity contribution in [1.82, 2.24) is 0 Å². The average molecular weight is 338 g/mol. The van der Waals surface area contributed by atoms with Crippen LogP contribution in [0.1, 0.15) is 11.7 Å². The van der Waals surface area contributed by atoms with Crippen molar-refractivity contribution in [2.75, 3.05) is 12.3 Å². The lowest BCUT2D eigenvalue weighted by Gasteiger charge is -2.13. The monoisotopic (exact) mass is 338 g/mol. The Balaban J connectivity index is 2.20. The van der Waals surface area contributed by atoms with Crippen LogP contribution < -0.4 is 5.73 Å². The number of nitrogen functional groups attached to an aromatic ring is 1. The van der Waals surface area contributed by atoms with E-state index in [1.54, 1.807) is 18.2 Å². The molecular formula is C14H14N2O6S. The van der Waals surface area contributed by atoms with Gasteiger partial charge >= 0.3 is 10.1 Å². The van der Waals surface area contributed by atoms with E-state index in [0.29, 0.717) is 5.56 Å². The molecule has 1 atom stereocenters. The van der Waals surface area contributed by atoms with E-state index in [4.69, 9.17) is 9.92 Å². The molecule has 122 valence electrons. The standard InChI is InChI=1S/C14H14N2O6S/c15-11-6-2-1-5-10(11)13(17)9-22-23(20,21)14-8-4-3-7-12(14)16(18)19/h1-8,13,17H,9,15H2. The first-order valence-electron chi connectivity index (χ1n) is 6.48. The fraction of sp³-hybridized carbons (Fsp3) is 0.143. The van der Waals surface area contributed by atoms with Crippen LogP contribution in [0, 0.1) is 10.1 Å². The molecule has 2 aromatic carbocycles. The third-order valence-corrected chi connectivity index (χ3v) is 4.40. The maximum absolute atomic E-state index is 12.1. The highest BCUT2D eigenvalue weighted by atomic mass is 32.2. The molecule has 0 spiro atoms. The third-order valence-electron chi connectivity index (χ3n) is 3.07. The second-order valence-corrected chi connectivity index (χ2v) is 6.19. The van der Waals surface area contributed by atoms with E-state index in [2.05, 4.69) is 0 Å². The molecule has 23 heavy (non-hydrogen) atoms. The molecule has 0 radical (unpaired) electrons. The first-order chi connectivity index (χ1) is 10.8. The van der Waals surface area contributed by atoms with Gasteiger partial charge in [0, 0.05) is 17.3 Å². The molecule has 0 aliphatic rings. The molecule has 0 aliphatic carbocycles. The number of aliphatic hydroxyl groups is 1. The molecule has 0 saturated heterocycles. The molecule has 3 N–H and O–H groups in total. The van der Waals surface area contributed by atoms with Gasteiger partial charge in [-0.15, -0.1) is 0 Å². The molecule has 9 heteroatoms. The quantitative estimate of drug-likeness (QED) is 0.354. The zero-order valence-electron chi connectivity index (χ0n) is 11.8. The maximum atomic E-state index is 12.1. The number of benzene rings is 2. The minimum atomic E-state index is -4.39. The van der Waals surface area contributed by atoms with Gasteiger partial charge in [-0.2, -0.15) is 8.42 Å². The average Bonchev–Trinajstić information content (AvgIpc) is 2.53. The highest BCUT2D eigenvalue weighted by Crippen LogP contribution is 2.26. The van der Waals surface area contributed by atoms with Gasteiger partial charge < -0.3 is 10.8 Å². The number of rotatable bonds is 6. The molecule has 8 nitrogen and oxygen atoms in total. The normalized spacial score (nSPS) is 12.7. The number of nitrogens with two attached hydrogens (primary N) is 1. The van der Waals surface area contributed by atoms with E-state index in [1.165, 1.54) is 18.2 Å². The predicted molar refractivity (Wildman–Crippen MR) is 82.0 cm³/mol. The molecule has 0 saturated carbocycles. The summed E-state index contributed by atoms with van der Waals surface area (Å²) in [5.41, 5.74) is 5.68. The van der Waals surface area contributed by atoms with Crippen molar-refractivity contribution in [3.8, 4) is 0 Å². The number of nitro groups is 1. The minimum Gasteiger partial charge on any atom is -0.398 e. The van der Waals surface area contributed by atoms with E-state index < -0.39 is 38.3 Å². The fourth-order valence-corrected chi connectivity index (χ4v) is 3.02. The number of hydrogen-bond donors (Lipinski definition) is 2. The second-order valence-electron chi connectivity index (χ2n) is 4.61. The van der Waals surface area contributed by atoms with Crippen LogP contribution in [0.2, 0.25) is 0 Å². The van der Waals surface area contributed by atoms with Gasteiger partial charge in [0.1, 0.15) is 6.10 Å². The Morgan fingerprint density at radius 1 is 1.17 bits per heavy atom. The van der Waals surface area contributed by atoms with E-state index in [-0.39, 0.29) is 5.69 Å². The van der Waals surface area contributed by atoms with Crippen LogP contribution in [0.4, 0.5) is 11.4 Å². The van der Waals surface area contributed by atoms with Crippen LogP contribution in [-0.2, 0) is 14.3 Å². The van der Waals surface area contributed by atoms with Crippen LogP contribution in [0.3, 0.4) is 0 Å². The van der Waals surface area contributed by atoms with Crippen molar-refractivity contribution in [1.29, 1.82) is 0 Å². The van der Waals surface area contributed by atoms with Crippen molar-refractivity contribution in [3.05, 3.63) is 64.2 Å². The van der Waals surface area contributed by atoms with Gasteiger partial charge in [-0.05, 0) is 12.1 Å². The summed E-state index contributed by atoms with van der Waals surface area (Å²) in [6.07, 6.45) is -1.28. The zero-order chi connectivity index (χ0) is 17.0. The van der Waals surface area contributed by atoms with Crippen LogP contribution >= 0.6 is 0 Å². The summed E-state index contributed by atoms with van der Waals surface area (Å²) in [5, 5.41) is 20.9. The van der Waals surface area contributed by atoms with Gasteiger partial charge in [-0.1, -0.05) is 30.3 Å². The predicted octanol–water partition coefficient (Wildman–Crippen LogP) is 1.62. The molecule has 2 aromatic rings. The third kappa shape index (κ3) is 3.83. The van der Waals surface area contributed by atoms with Crippen molar-refractivity contribution in [3.63, 3.8) is 0 Å². The van der Waals surface area contributed by atoms with Crippen molar-refractivity contribution >= 4 is 21.5 Å². The Kier molecular flexibility index (Phi) is 4.94. The van der Waals surface area contributed by atoms with Crippen LogP contribution in [0.25, 0.3) is 0 Å². The van der Waals surface area contributed by atoms with Crippen LogP contribution in [0.15, 0.2) is 53.4 Å². The van der Waals surface area contributed by atoms with Gasteiger partial charge in [0.25, 0.3) is 5.69 Å². The second kappa shape index (κ2) is 6.73. The molecule has 1 unspecified atom stereocenters. The molecule has 0 bridgehead atoms.